The van der Waals surface area contributed by atoms with E-state index in [1.165, 1.54) is 0 Å². The Balaban J connectivity index is 1.76. The number of carbonyl (C=O) groups excluding carboxylic acids is 2. The Morgan fingerprint density at radius 3 is 2.35 bits per heavy atom. The highest BCUT2D eigenvalue weighted by atomic mass is 16.6. The largest absolute Gasteiger partial charge is 0.465 e. The normalized spacial score (nSPS) is 15.0. The summed E-state index contributed by atoms with van der Waals surface area (Å²) in [6.07, 6.45) is 3.01. The average Bonchev–Trinajstić information content (AvgIpc) is 3.20. The third kappa shape index (κ3) is 4.14. The number of hydrogen-bond donors (Lipinski definition) is 0. The first kappa shape index (κ1) is 17.8. The van der Waals surface area contributed by atoms with Crippen molar-refractivity contribution in [3.8, 4) is 0 Å². The van der Waals surface area contributed by atoms with Gasteiger partial charge in [0.25, 0.3) is 5.91 Å². The van der Waals surface area contributed by atoms with Crippen LogP contribution in [0.5, 0.6) is 0 Å². The first-order chi connectivity index (χ1) is 12.7. The van der Waals surface area contributed by atoms with Crippen molar-refractivity contribution in [3.63, 3.8) is 0 Å². The molecule has 136 valence electrons. The number of carbonyl (C=O) groups is 2. The maximum Gasteiger partial charge on any atom is 0.409 e. The maximum absolute atomic E-state index is 13.1. The quantitative estimate of drug-likeness (QED) is 0.792. The summed E-state index contributed by atoms with van der Waals surface area (Å²) < 4.78 is 10.4. The van der Waals surface area contributed by atoms with Crippen molar-refractivity contribution in [1.82, 2.24) is 9.80 Å². The van der Waals surface area contributed by atoms with E-state index in [1.807, 2.05) is 36.4 Å². The van der Waals surface area contributed by atoms with Gasteiger partial charge in [-0.1, -0.05) is 30.3 Å². The molecule has 6 heteroatoms. The molecule has 0 unspecified atom stereocenters. The zero-order valence-electron chi connectivity index (χ0n) is 14.8. The zero-order valence-corrected chi connectivity index (χ0v) is 14.8. The van der Waals surface area contributed by atoms with Crippen LogP contribution in [0.15, 0.2) is 53.1 Å². The van der Waals surface area contributed by atoms with Gasteiger partial charge in [0.15, 0.2) is 0 Å². The summed E-state index contributed by atoms with van der Waals surface area (Å²) in [5.41, 5.74) is 1.41. The summed E-state index contributed by atoms with van der Waals surface area (Å²) in [6.45, 7) is 4.01. The van der Waals surface area contributed by atoms with E-state index in [2.05, 4.69) is 0 Å². The molecule has 1 aromatic heterocycles. The molecule has 0 N–H and O–H groups in total. The Kier molecular flexibility index (Phi) is 5.73. The average molecular weight is 354 g/mol. The molecule has 0 radical (unpaired) electrons. The van der Waals surface area contributed by atoms with Gasteiger partial charge in [-0.15, -0.1) is 0 Å². The molecule has 0 aliphatic carbocycles. The van der Waals surface area contributed by atoms with E-state index in [0.29, 0.717) is 44.1 Å². The van der Waals surface area contributed by atoms with Gasteiger partial charge in [-0.05, 0) is 30.7 Å². The highest BCUT2D eigenvalue weighted by molar-refractivity contribution is 6.24. The van der Waals surface area contributed by atoms with Crippen molar-refractivity contribution >= 4 is 23.6 Å². The molecule has 1 fully saturated rings. The lowest BCUT2D eigenvalue weighted by molar-refractivity contribution is -0.126. The highest BCUT2D eigenvalue weighted by Gasteiger charge is 2.27. The first-order valence-corrected chi connectivity index (χ1v) is 8.70. The topological polar surface area (TPSA) is 63.0 Å². The summed E-state index contributed by atoms with van der Waals surface area (Å²) in [4.78, 5) is 28.3. The van der Waals surface area contributed by atoms with Crippen LogP contribution in [0.4, 0.5) is 4.79 Å². The molecule has 3 rings (SSSR count). The van der Waals surface area contributed by atoms with Crippen LogP contribution in [-0.2, 0) is 9.53 Å². The first-order valence-electron chi connectivity index (χ1n) is 8.70. The molecule has 2 aromatic rings. The van der Waals surface area contributed by atoms with Crippen molar-refractivity contribution in [2.75, 3.05) is 32.8 Å². The van der Waals surface area contributed by atoms with E-state index in [1.54, 1.807) is 35.1 Å². The lowest BCUT2D eigenvalue weighted by Gasteiger charge is -2.34. The fourth-order valence-corrected chi connectivity index (χ4v) is 2.88. The van der Waals surface area contributed by atoms with E-state index in [0.717, 1.165) is 5.56 Å². The lowest BCUT2D eigenvalue weighted by atomic mass is 10.0. The van der Waals surface area contributed by atoms with Gasteiger partial charge in [-0.3, -0.25) is 4.79 Å². The van der Waals surface area contributed by atoms with Crippen molar-refractivity contribution in [2.45, 2.75) is 6.92 Å². The molecule has 1 aliphatic rings. The van der Waals surface area contributed by atoms with Crippen LogP contribution < -0.4 is 0 Å². The Morgan fingerprint density at radius 1 is 1.04 bits per heavy atom. The standard InChI is InChI=1S/C20H22N2O4/c1-2-25-20(24)22-12-10-21(11-13-22)19(23)18(15-17-9-6-14-26-17)16-7-4-3-5-8-16/h3-9,14-15H,2,10-13H2,1H3/b18-15+. The zero-order chi connectivity index (χ0) is 18.4. The number of benzene rings is 1. The van der Waals surface area contributed by atoms with Crippen molar-refractivity contribution in [2.24, 2.45) is 0 Å². The molecule has 1 saturated heterocycles. The van der Waals surface area contributed by atoms with Gasteiger partial charge in [-0.2, -0.15) is 0 Å². The maximum atomic E-state index is 13.1. The molecule has 26 heavy (non-hydrogen) atoms. The molecule has 0 atom stereocenters. The number of nitrogens with zero attached hydrogens (tertiary/aromatic N) is 2. The van der Waals surface area contributed by atoms with E-state index >= 15 is 0 Å². The third-order valence-corrected chi connectivity index (χ3v) is 4.24. The Labute approximate surface area is 152 Å². The van der Waals surface area contributed by atoms with Gasteiger partial charge in [0, 0.05) is 26.2 Å². The molecule has 1 aliphatic heterocycles. The summed E-state index contributed by atoms with van der Waals surface area (Å²) in [5, 5.41) is 0. The SMILES string of the molecule is CCOC(=O)N1CCN(C(=O)/C(=C/c2ccco2)c2ccccc2)CC1. The molecule has 1 aromatic carbocycles. The Morgan fingerprint density at radius 2 is 1.73 bits per heavy atom. The number of amides is 2. The summed E-state index contributed by atoms with van der Waals surface area (Å²) in [6, 6.07) is 13.1. The number of rotatable bonds is 4. The van der Waals surface area contributed by atoms with Crippen LogP contribution in [0.3, 0.4) is 0 Å². The molecule has 0 spiro atoms. The highest BCUT2D eigenvalue weighted by Crippen LogP contribution is 2.22. The van der Waals surface area contributed by atoms with E-state index < -0.39 is 0 Å². The summed E-state index contributed by atoms with van der Waals surface area (Å²) >= 11 is 0. The fraction of sp³-hybridized carbons (Fsp3) is 0.300. The molecular formula is C20H22N2O4. The predicted octanol–water partition coefficient (Wildman–Crippen LogP) is 3.12. The Bertz CT molecular complexity index is 760. The van der Waals surface area contributed by atoms with E-state index in [9.17, 15) is 9.59 Å². The van der Waals surface area contributed by atoms with Crippen LogP contribution in [-0.4, -0.2) is 54.6 Å². The van der Waals surface area contributed by atoms with Crippen molar-refractivity contribution < 1.29 is 18.7 Å². The van der Waals surface area contributed by atoms with Crippen molar-refractivity contribution in [3.05, 3.63) is 60.1 Å². The fourth-order valence-electron chi connectivity index (χ4n) is 2.88. The number of furan rings is 1. The molecule has 2 heterocycles. The molecule has 2 amide bonds. The number of ether oxygens (including phenoxy) is 1. The Hall–Kier alpha value is -3.02. The second-order valence-electron chi connectivity index (χ2n) is 5.92. The molecule has 0 bridgehead atoms. The molecular weight excluding hydrogens is 332 g/mol. The van der Waals surface area contributed by atoms with Crippen LogP contribution in [0.1, 0.15) is 18.2 Å². The monoisotopic (exact) mass is 354 g/mol. The second kappa shape index (κ2) is 8.38. The van der Waals surface area contributed by atoms with Gasteiger partial charge in [0.05, 0.1) is 18.4 Å². The number of hydrogen-bond acceptors (Lipinski definition) is 4. The molecule has 0 saturated carbocycles. The van der Waals surface area contributed by atoms with Crippen LogP contribution in [0.25, 0.3) is 11.6 Å². The van der Waals surface area contributed by atoms with Gasteiger partial charge < -0.3 is 19.0 Å². The van der Waals surface area contributed by atoms with Crippen LogP contribution in [0, 0.1) is 0 Å². The number of piperazine rings is 1. The summed E-state index contributed by atoms with van der Waals surface area (Å²) in [5.74, 6) is 0.554. The minimum absolute atomic E-state index is 0.0730. The minimum atomic E-state index is -0.325. The van der Waals surface area contributed by atoms with Crippen LogP contribution >= 0.6 is 0 Å². The summed E-state index contributed by atoms with van der Waals surface area (Å²) in [7, 11) is 0. The smallest absolute Gasteiger partial charge is 0.409 e. The van der Waals surface area contributed by atoms with Gasteiger partial charge in [0.2, 0.25) is 0 Å². The van der Waals surface area contributed by atoms with Gasteiger partial charge in [0.1, 0.15) is 5.76 Å². The second-order valence-corrected chi connectivity index (χ2v) is 5.92. The van der Waals surface area contributed by atoms with Crippen molar-refractivity contribution in [1.29, 1.82) is 0 Å². The van der Waals surface area contributed by atoms with E-state index in [4.69, 9.17) is 9.15 Å². The predicted molar refractivity (Wildman–Crippen MR) is 98.2 cm³/mol. The minimum Gasteiger partial charge on any atom is -0.465 e. The van der Waals surface area contributed by atoms with Gasteiger partial charge >= 0.3 is 6.09 Å². The molecule has 6 nitrogen and oxygen atoms in total. The van der Waals surface area contributed by atoms with Gasteiger partial charge in [-0.25, -0.2) is 4.79 Å². The van der Waals surface area contributed by atoms with E-state index in [-0.39, 0.29) is 12.0 Å². The van der Waals surface area contributed by atoms with Crippen LogP contribution in [0.2, 0.25) is 0 Å². The lowest BCUT2D eigenvalue weighted by Crippen LogP contribution is -2.50. The third-order valence-electron chi connectivity index (χ3n) is 4.24.